The molecule has 0 bridgehead atoms. The summed E-state index contributed by atoms with van der Waals surface area (Å²) in [7, 11) is -3.00. The van der Waals surface area contributed by atoms with E-state index in [9.17, 15) is 18.0 Å². The number of hydrogen-bond donors (Lipinski definition) is 2. The molecule has 1 rings (SSSR count). The third-order valence-corrected chi connectivity index (χ3v) is 3.47. The van der Waals surface area contributed by atoms with E-state index >= 15 is 0 Å². The van der Waals surface area contributed by atoms with Gasteiger partial charge in [-0.2, -0.15) is 0 Å². The van der Waals surface area contributed by atoms with Gasteiger partial charge in [0, 0.05) is 12.8 Å². The van der Waals surface area contributed by atoms with E-state index < -0.39 is 27.6 Å². The minimum atomic E-state index is -3.00. The van der Waals surface area contributed by atoms with Gasteiger partial charge in [-0.3, -0.25) is 9.59 Å². The van der Waals surface area contributed by atoms with Crippen LogP contribution in [0.15, 0.2) is 0 Å². The monoisotopic (exact) mass is 249 g/mol. The van der Waals surface area contributed by atoms with Crippen molar-refractivity contribution in [3.8, 4) is 0 Å². The van der Waals surface area contributed by atoms with Crippen LogP contribution in [-0.4, -0.2) is 44.0 Å². The molecule has 1 saturated carbocycles. The normalized spacial score (nSPS) is 23.8. The van der Waals surface area contributed by atoms with Crippen molar-refractivity contribution in [3.63, 3.8) is 0 Å². The summed E-state index contributed by atoms with van der Waals surface area (Å²) in [5, 5.41) is 11.1. The predicted octanol–water partition coefficient (Wildman–Crippen LogP) is -0.742. The Balaban J connectivity index is 2.16. The van der Waals surface area contributed by atoms with Gasteiger partial charge in [0.15, 0.2) is 0 Å². The number of carbonyl (C=O) groups excluding carboxylic acids is 1. The van der Waals surface area contributed by atoms with Gasteiger partial charge < -0.3 is 10.4 Å². The molecule has 7 heteroatoms. The summed E-state index contributed by atoms with van der Waals surface area (Å²) in [6, 6.07) is 0. The second kappa shape index (κ2) is 4.82. The fraction of sp³-hybridized carbons (Fsp3) is 0.778. The summed E-state index contributed by atoms with van der Waals surface area (Å²) in [5.74, 6) is -2.21. The smallest absolute Gasteiger partial charge is 0.307 e. The van der Waals surface area contributed by atoms with Gasteiger partial charge in [-0.15, -0.1) is 0 Å². The third kappa shape index (κ3) is 4.18. The highest BCUT2D eigenvalue weighted by atomic mass is 32.2. The van der Waals surface area contributed by atoms with Crippen molar-refractivity contribution >= 4 is 21.7 Å². The largest absolute Gasteiger partial charge is 0.481 e. The van der Waals surface area contributed by atoms with Crippen LogP contribution in [-0.2, 0) is 19.4 Å². The second-order valence-corrected chi connectivity index (χ2v) is 6.32. The number of hydrogen-bond acceptors (Lipinski definition) is 4. The maximum absolute atomic E-state index is 11.3. The average Bonchev–Trinajstić information content (AvgIpc) is 2.89. The lowest BCUT2D eigenvalue weighted by atomic mass is 10.3. The fourth-order valence-electron chi connectivity index (χ4n) is 1.43. The molecule has 1 aliphatic rings. The number of aliphatic carboxylic acids is 1. The molecule has 1 fully saturated rings. The number of rotatable bonds is 6. The van der Waals surface area contributed by atoms with Gasteiger partial charge in [-0.05, 0) is 12.8 Å². The maximum atomic E-state index is 11.3. The Kier molecular flexibility index (Phi) is 3.90. The van der Waals surface area contributed by atoms with Crippen molar-refractivity contribution in [2.75, 3.05) is 18.6 Å². The summed E-state index contributed by atoms with van der Waals surface area (Å²) < 4.78 is 21.5. The van der Waals surface area contributed by atoms with Crippen molar-refractivity contribution in [2.24, 2.45) is 11.8 Å². The Morgan fingerprint density at radius 3 is 2.44 bits per heavy atom. The van der Waals surface area contributed by atoms with Crippen molar-refractivity contribution in [2.45, 2.75) is 12.8 Å². The van der Waals surface area contributed by atoms with Crippen LogP contribution in [0.2, 0.25) is 0 Å². The Labute approximate surface area is 93.9 Å². The predicted molar refractivity (Wildman–Crippen MR) is 56.6 cm³/mol. The van der Waals surface area contributed by atoms with Gasteiger partial charge >= 0.3 is 5.97 Å². The van der Waals surface area contributed by atoms with E-state index in [1.165, 1.54) is 0 Å². The molecule has 92 valence electrons. The molecule has 6 nitrogen and oxygen atoms in total. The molecule has 0 saturated heterocycles. The van der Waals surface area contributed by atoms with Crippen molar-refractivity contribution < 1.29 is 23.1 Å². The Morgan fingerprint density at radius 1 is 1.38 bits per heavy atom. The Morgan fingerprint density at radius 2 is 2.00 bits per heavy atom. The van der Waals surface area contributed by atoms with Gasteiger partial charge in [-0.25, -0.2) is 8.42 Å². The zero-order valence-electron chi connectivity index (χ0n) is 8.97. The molecule has 0 radical (unpaired) electrons. The highest BCUT2D eigenvalue weighted by Crippen LogP contribution is 2.38. The number of carboxylic acid groups (broad SMARTS) is 1. The number of carbonyl (C=O) groups is 2. The molecular formula is C9H15NO5S. The fourth-order valence-corrected chi connectivity index (χ4v) is 2.10. The SMILES string of the molecule is CS(=O)(=O)CCCNC(=O)[C@@H]1C[C@@H]1C(=O)O. The van der Waals surface area contributed by atoms with E-state index in [0.29, 0.717) is 12.8 Å². The van der Waals surface area contributed by atoms with Gasteiger partial charge in [0.2, 0.25) is 5.91 Å². The molecule has 0 unspecified atom stereocenters. The molecular weight excluding hydrogens is 234 g/mol. The summed E-state index contributed by atoms with van der Waals surface area (Å²) in [4.78, 5) is 21.8. The lowest BCUT2D eigenvalue weighted by molar-refractivity contribution is -0.140. The Bertz CT molecular complexity index is 389. The summed E-state index contributed by atoms with van der Waals surface area (Å²) in [5.41, 5.74) is 0. The first kappa shape index (κ1) is 13.0. The Hall–Kier alpha value is -1.11. The van der Waals surface area contributed by atoms with Crippen molar-refractivity contribution in [3.05, 3.63) is 0 Å². The number of sulfone groups is 1. The first-order valence-electron chi connectivity index (χ1n) is 4.99. The zero-order chi connectivity index (χ0) is 12.3. The van der Waals surface area contributed by atoms with E-state index in [0.717, 1.165) is 6.26 Å². The van der Waals surface area contributed by atoms with Gasteiger partial charge in [0.05, 0.1) is 17.6 Å². The van der Waals surface area contributed by atoms with E-state index in [-0.39, 0.29) is 18.2 Å². The van der Waals surface area contributed by atoms with E-state index in [1.807, 2.05) is 0 Å². The molecule has 2 atom stereocenters. The summed E-state index contributed by atoms with van der Waals surface area (Å²) >= 11 is 0. The van der Waals surface area contributed by atoms with E-state index in [2.05, 4.69) is 5.32 Å². The quantitative estimate of drug-likeness (QED) is 0.604. The first-order valence-corrected chi connectivity index (χ1v) is 7.05. The first-order chi connectivity index (χ1) is 7.31. The lowest BCUT2D eigenvalue weighted by Gasteiger charge is -2.03. The standard InChI is InChI=1S/C9H15NO5S/c1-16(14,15)4-2-3-10-8(11)6-5-7(6)9(12)13/h6-7H,2-5H2,1H3,(H,10,11)(H,12,13)/t6-,7+/m1/s1. The average molecular weight is 249 g/mol. The van der Waals surface area contributed by atoms with Crippen LogP contribution in [0.1, 0.15) is 12.8 Å². The lowest BCUT2D eigenvalue weighted by Crippen LogP contribution is -2.28. The topological polar surface area (TPSA) is 101 Å². The molecule has 1 amide bonds. The minimum Gasteiger partial charge on any atom is -0.481 e. The molecule has 0 aromatic heterocycles. The van der Waals surface area contributed by atoms with Gasteiger partial charge in [-0.1, -0.05) is 0 Å². The van der Waals surface area contributed by atoms with Crippen molar-refractivity contribution in [1.82, 2.24) is 5.32 Å². The van der Waals surface area contributed by atoms with Gasteiger partial charge in [0.1, 0.15) is 9.84 Å². The number of nitrogens with one attached hydrogen (secondary N) is 1. The molecule has 0 spiro atoms. The van der Waals surface area contributed by atoms with E-state index in [4.69, 9.17) is 5.11 Å². The maximum Gasteiger partial charge on any atom is 0.307 e. The third-order valence-electron chi connectivity index (χ3n) is 2.44. The van der Waals surface area contributed by atoms with E-state index in [1.54, 1.807) is 0 Å². The molecule has 16 heavy (non-hydrogen) atoms. The molecule has 1 aliphatic carbocycles. The van der Waals surface area contributed by atoms with Crippen LogP contribution in [0, 0.1) is 11.8 Å². The number of amides is 1. The second-order valence-electron chi connectivity index (χ2n) is 4.06. The summed E-state index contributed by atoms with van der Waals surface area (Å²) in [6.45, 7) is 0.273. The molecule has 0 aliphatic heterocycles. The van der Waals surface area contributed by atoms with Crippen LogP contribution in [0.4, 0.5) is 0 Å². The molecule has 0 aromatic carbocycles. The van der Waals surface area contributed by atoms with Crippen LogP contribution in [0.3, 0.4) is 0 Å². The zero-order valence-corrected chi connectivity index (χ0v) is 9.79. The minimum absolute atomic E-state index is 0.0281. The van der Waals surface area contributed by atoms with Crippen LogP contribution < -0.4 is 5.32 Å². The van der Waals surface area contributed by atoms with Crippen LogP contribution >= 0.6 is 0 Å². The van der Waals surface area contributed by atoms with Crippen molar-refractivity contribution in [1.29, 1.82) is 0 Å². The highest BCUT2D eigenvalue weighted by Gasteiger charge is 2.48. The van der Waals surface area contributed by atoms with Gasteiger partial charge in [0.25, 0.3) is 0 Å². The summed E-state index contributed by atoms with van der Waals surface area (Å²) in [6.07, 6.45) is 1.87. The van der Waals surface area contributed by atoms with Crippen LogP contribution in [0.25, 0.3) is 0 Å². The number of carboxylic acids is 1. The molecule has 2 N–H and O–H groups in total. The molecule has 0 heterocycles. The van der Waals surface area contributed by atoms with Crippen LogP contribution in [0.5, 0.6) is 0 Å². The molecule has 0 aromatic rings. The highest BCUT2D eigenvalue weighted by molar-refractivity contribution is 7.90.